The van der Waals surface area contributed by atoms with Gasteiger partial charge in [0.1, 0.15) is 5.75 Å². The molecule has 0 aliphatic heterocycles. The minimum atomic E-state index is -0.540. The van der Waals surface area contributed by atoms with Gasteiger partial charge in [-0.2, -0.15) is 5.10 Å². The molecule has 3 aromatic carbocycles. The molecule has 0 fully saturated rings. The van der Waals surface area contributed by atoms with Gasteiger partial charge in [0.25, 0.3) is 11.8 Å². The summed E-state index contributed by atoms with van der Waals surface area (Å²) in [6, 6.07) is 18.5. The first-order chi connectivity index (χ1) is 17.9. The van der Waals surface area contributed by atoms with Crippen LogP contribution < -0.4 is 25.0 Å². The third kappa shape index (κ3) is 8.21. The average molecular weight is 504 g/mol. The van der Waals surface area contributed by atoms with Crippen molar-refractivity contribution in [1.29, 1.82) is 0 Å². The minimum Gasteiger partial charge on any atom is -0.494 e. The fourth-order valence-electron chi connectivity index (χ4n) is 3.10. The summed E-state index contributed by atoms with van der Waals surface area (Å²) < 4.78 is 16.3. The van der Waals surface area contributed by atoms with Gasteiger partial charge in [-0.25, -0.2) is 10.2 Å². The van der Waals surface area contributed by atoms with E-state index in [1.807, 2.05) is 26.0 Å². The van der Waals surface area contributed by atoms with Crippen LogP contribution in [0.1, 0.15) is 45.2 Å². The normalized spacial score (nSPS) is 10.6. The average Bonchev–Trinajstić information content (AvgIpc) is 2.91. The van der Waals surface area contributed by atoms with Crippen molar-refractivity contribution >= 4 is 24.0 Å². The lowest BCUT2D eigenvalue weighted by Crippen LogP contribution is -2.34. The number of esters is 1. The fourth-order valence-corrected chi connectivity index (χ4v) is 3.10. The first-order valence-electron chi connectivity index (χ1n) is 11.7. The highest BCUT2D eigenvalue weighted by Crippen LogP contribution is 2.28. The number of carbonyl (C=O) groups excluding carboxylic acids is 3. The Hall–Kier alpha value is -4.66. The van der Waals surface area contributed by atoms with Gasteiger partial charge in [0.05, 0.1) is 32.0 Å². The van der Waals surface area contributed by atoms with Gasteiger partial charge in [-0.3, -0.25) is 9.59 Å². The van der Waals surface area contributed by atoms with Crippen LogP contribution in [-0.4, -0.2) is 44.3 Å². The molecule has 0 bridgehead atoms. The number of hydrogen-bond acceptors (Lipinski definition) is 7. The van der Waals surface area contributed by atoms with E-state index in [0.717, 1.165) is 12.0 Å². The van der Waals surface area contributed by atoms with Crippen LogP contribution in [-0.2, 0) is 4.79 Å². The van der Waals surface area contributed by atoms with Crippen molar-refractivity contribution in [3.8, 4) is 17.2 Å². The molecule has 0 heterocycles. The van der Waals surface area contributed by atoms with Crippen molar-refractivity contribution in [1.82, 2.24) is 10.7 Å². The van der Waals surface area contributed by atoms with E-state index >= 15 is 0 Å². The second-order valence-corrected chi connectivity index (χ2v) is 8.01. The number of aryl methyl sites for hydroxylation is 1. The van der Waals surface area contributed by atoms with Crippen LogP contribution >= 0.6 is 0 Å². The molecule has 0 atom stereocenters. The number of nitrogens with zero attached hydrogens (tertiary/aromatic N) is 1. The quantitative estimate of drug-likeness (QED) is 0.178. The summed E-state index contributed by atoms with van der Waals surface area (Å²) in [7, 11) is 1.45. The molecule has 0 saturated heterocycles. The van der Waals surface area contributed by atoms with Gasteiger partial charge < -0.3 is 19.5 Å². The zero-order valence-corrected chi connectivity index (χ0v) is 20.9. The number of hydrazone groups is 1. The smallest absolute Gasteiger partial charge is 0.343 e. The van der Waals surface area contributed by atoms with Gasteiger partial charge in [-0.15, -0.1) is 0 Å². The maximum Gasteiger partial charge on any atom is 0.343 e. The van der Waals surface area contributed by atoms with E-state index in [9.17, 15) is 14.4 Å². The Bertz CT molecular complexity index is 1250. The standard InChI is InChI=1S/C28H29N3O6/c1-4-15-36-23-12-10-22(11-13-23)28(34)37-24-14-7-20(16-25(24)35-3)17-30-31-26(32)18-29-27(33)21-8-5-19(2)6-9-21/h5-14,16-17H,4,15,18H2,1-3H3,(H,29,33)(H,31,32)/b30-17+. The Balaban J connectivity index is 1.52. The van der Waals surface area contributed by atoms with Gasteiger partial charge in [0.15, 0.2) is 11.5 Å². The molecule has 0 spiro atoms. The van der Waals surface area contributed by atoms with E-state index in [1.165, 1.54) is 13.3 Å². The lowest BCUT2D eigenvalue weighted by Gasteiger charge is -2.10. The number of rotatable bonds is 11. The fraction of sp³-hybridized carbons (Fsp3) is 0.214. The Morgan fingerprint density at radius 1 is 0.919 bits per heavy atom. The van der Waals surface area contributed by atoms with Crippen LogP contribution in [0.25, 0.3) is 0 Å². The maximum absolute atomic E-state index is 12.5. The molecule has 9 nitrogen and oxygen atoms in total. The molecule has 0 unspecified atom stereocenters. The topological polar surface area (TPSA) is 115 Å². The van der Waals surface area contributed by atoms with Gasteiger partial charge in [-0.1, -0.05) is 24.6 Å². The van der Waals surface area contributed by atoms with Crippen LogP contribution in [0.15, 0.2) is 71.8 Å². The Labute approximate surface area is 215 Å². The maximum atomic E-state index is 12.5. The molecule has 2 amide bonds. The minimum absolute atomic E-state index is 0.228. The lowest BCUT2D eigenvalue weighted by molar-refractivity contribution is -0.120. The predicted octanol–water partition coefficient (Wildman–Crippen LogP) is 3.89. The summed E-state index contributed by atoms with van der Waals surface area (Å²) in [6.07, 6.45) is 2.30. The second-order valence-electron chi connectivity index (χ2n) is 8.01. The number of amides is 2. The van der Waals surface area contributed by atoms with Crippen molar-refractivity contribution in [2.24, 2.45) is 5.10 Å². The van der Waals surface area contributed by atoms with E-state index in [1.54, 1.807) is 54.6 Å². The number of hydrogen-bond donors (Lipinski definition) is 2. The Morgan fingerprint density at radius 2 is 1.62 bits per heavy atom. The molecule has 192 valence electrons. The van der Waals surface area contributed by atoms with Crippen molar-refractivity contribution in [3.05, 3.63) is 89.0 Å². The molecule has 2 N–H and O–H groups in total. The zero-order chi connectivity index (χ0) is 26.6. The van der Waals surface area contributed by atoms with E-state index in [2.05, 4.69) is 15.8 Å². The molecule has 3 rings (SSSR count). The summed E-state index contributed by atoms with van der Waals surface area (Å²) in [4.78, 5) is 36.6. The Morgan fingerprint density at radius 3 is 2.30 bits per heavy atom. The summed E-state index contributed by atoms with van der Waals surface area (Å²) in [5.41, 5.74) is 4.82. The molecule has 0 aromatic heterocycles. The van der Waals surface area contributed by atoms with E-state index < -0.39 is 11.9 Å². The van der Waals surface area contributed by atoms with Gasteiger partial charge in [-0.05, 0) is 73.5 Å². The summed E-state index contributed by atoms with van der Waals surface area (Å²) in [5.74, 6) is -0.145. The van der Waals surface area contributed by atoms with Crippen LogP contribution in [0, 0.1) is 6.92 Å². The zero-order valence-electron chi connectivity index (χ0n) is 20.9. The largest absolute Gasteiger partial charge is 0.494 e. The number of ether oxygens (including phenoxy) is 3. The highest BCUT2D eigenvalue weighted by Gasteiger charge is 2.13. The number of benzene rings is 3. The summed E-state index contributed by atoms with van der Waals surface area (Å²) in [5, 5.41) is 6.43. The number of methoxy groups -OCH3 is 1. The predicted molar refractivity (Wildman–Crippen MR) is 139 cm³/mol. The molecule has 0 radical (unpaired) electrons. The first-order valence-corrected chi connectivity index (χ1v) is 11.7. The van der Waals surface area contributed by atoms with Crippen LogP contribution in [0.3, 0.4) is 0 Å². The molecule has 0 aliphatic carbocycles. The van der Waals surface area contributed by atoms with Crippen molar-refractivity contribution in [2.45, 2.75) is 20.3 Å². The SMILES string of the molecule is CCCOc1ccc(C(=O)Oc2ccc(/C=N/NC(=O)CNC(=O)c3ccc(C)cc3)cc2OC)cc1. The highest BCUT2D eigenvalue weighted by molar-refractivity contribution is 5.96. The lowest BCUT2D eigenvalue weighted by atomic mass is 10.1. The highest BCUT2D eigenvalue weighted by atomic mass is 16.6. The molecule has 0 saturated carbocycles. The van der Waals surface area contributed by atoms with E-state index in [4.69, 9.17) is 14.2 Å². The molecule has 9 heteroatoms. The second kappa shape index (κ2) is 13.4. The monoisotopic (exact) mass is 503 g/mol. The van der Waals surface area contributed by atoms with Crippen molar-refractivity contribution < 1.29 is 28.6 Å². The molecule has 3 aromatic rings. The Kier molecular flexibility index (Phi) is 9.78. The number of carbonyl (C=O) groups is 3. The van der Waals surface area contributed by atoms with Crippen molar-refractivity contribution in [2.75, 3.05) is 20.3 Å². The van der Waals surface area contributed by atoms with Gasteiger partial charge >= 0.3 is 5.97 Å². The van der Waals surface area contributed by atoms with Crippen molar-refractivity contribution in [3.63, 3.8) is 0 Å². The van der Waals surface area contributed by atoms with Gasteiger partial charge in [0, 0.05) is 5.56 Å². The third-order valence-electron chi connectivity index (χ3n) is 5.08. The number of nitrogens with one attached hydrogen (secondary N) is 2. The third-order valence-corrected chi connectivity index (χ3v) is 5.08. The molecule has 0 aliphatic rings. The van der Waals surface area contributed by atoms with E-state index in [0.29, 0.717) is 34.8 Å². The molecule has 37 heavy (non-hydrogen) atoms. The summed E-state index contributed by atoms with van der Waals surface area (Å²) >= 11 is 0. The summed E-state index contributed by atoms with van der Waals surface area (Å²) in [6.45, 7) is 4.31. The first kappa shape index (κ1) is 26.9. The van der Waals surface area contributed by atoms with Crippen LogP contribution in [0.2, 0.25) is 0 Å². The van der Waals surface area contributed by atoms with Crippen LogP contribution in [0.4, 0.5) is 0 Å². The van der Waals surface area contributed by atoms with E-state index in [-0.39, 0.29) is 18.2 Å². The van der Waals surface area contributed by atoms with Gasteiger partial charge in [0.2, 0.25) is 0 Å². The molecular formula is C28H29N3O6. The van der Waals surface area contributed by atoms with Crippen LogP contribution in [0.5, 0.6) is 17.2 Å². The molecular weight excluding hydrogens is 474 g/mol.